The molecule has 1 atom stereocenters. The van der Waals surface area contributed by atoms with Crippen molar-refractivity contribution < 1.29 is 14.3 Å². The highest BCUT2D eigenvalue weighted by Crippen LogP contribution is 2.41. The standard InChI is InChI=1S/C21H20N2O3/c1-2-26-21(25)14-10-12-15(13-11-14)23-19-9-4-3-7-18(19)22-17-8-5-6-16(17)20(23)24/h3-4,7,9-13,16H,2,5-6,8H2,1H3. The summed E-state index contributed by atoms with van der Waals surface area (Å²) in [4.78, 5) is 31.7. The Morgan fingerprint density at radius 3 is 2.73 bits per heavy atom. The summed E-state index contributed by atoms with van der Waals surface area (Å²) in [5.41, 5.74) is 3.79. The van der Waals surface area contributed by atoms with Crippen LogP contribution in [-0.4, -0.2) is 24.2 Å². The highest BCUT2D eigenvalue weighted by Gasteiger charge is 2.37. The summed E-state index contributed by atoms with van der Waals surface area (Å²) >= 11 is 0. The van der Waals surface area contributed by atoms with Gasteiger partial charge in [-0.3, -0.25) is 14.7 Å². The summed E-state index contributed by atoms with van der Waals surface area (Å²) in [5, 5.41) is 0. The molecule has 5 heteroatoms. The minimum atomic E-state index is -0.358. The number of nitrogens with zero attached hydrogens (tertiary/aromatic N) is 2. The van der Waals surface area contributed by atoms with E-state index in [1.165, 1.54) is 0 Å². The molecule has 132 valence electrons. The largest absolute Gasteiger partial charge is 0.462 e. The molecule has 1 aliphatic heterocycles. The normalized spacial score (nSPS) is 18.7. The lowest BCUT2D eigenvalue weighted by atomic mass is 10.0. The van der Waals surface area contributed by atoms with E-state index in [1.807, 2.05) is 24.3 Å². The number of benzene rings is 2. The lowest BCUT2D eigenvalue weighted by Crippen LogP contribution is -2.33. The zero-order valence-electron chi connectivity index (χ0n) is 14.6. The van der Waals surface area contributed by atoms with Crippen molar-refractivity contribution in [2.24, 2.45) is 10.9 Å². The number of hydrogen-bond acceptors (Lipinski definition) is 4. The minimum Gasteiger partial charge on any atom is -0.462 e. The Kier molecular flexibility index (Phi) is 4.29. The third kappa shape index (κ3) is 2.79. The smallest absolute Gasteiger partial charge is 0.338 e. The molecule has 0 saturated heterocycles. The van der Waals surface area contributed by atoms with E-state index in [9.17, 15) is 9.59 Å². The summed E-state index contributed by atoms with van der Waals surface area (Å²) in [6.07, 6.45) is 2.70. The number of aliphatic imine (C=N–C) groups is 1. The van der Waals surface area contributed by atoms with Gasteiger partial charge in [-0.25, -0.2) is 4.79 Å². The average molecular weight is 348 g/mol. The van der Waals surface area contributed by atoms with E-state index in [2.05, 4.69) is 0 Å². The molecule has 1 amide bonds. The van der Waals surface area contributed by atoms with Gasteiger partial charge in [0.25, 0.3) is 0 Å². The van der Waals surface area contributed by atoms with Crippen molar-refractivity contribution in [3.8, 4) is 0 Å². The van der Waals surface area contributed by atoms with Crippen molar-refractivity contribution in [3.05, 3.63) is 54.1 Å². The molecule has 0 bridgehead atoms. The number of esters is 1. The molecule has 0 N–H and O–H groups in total. The van der Waals surface area contributed by atoms with Crippen LogP contribution < -0.4 is 4.90 Å². The Hall–Kier alpha value is -2.95. The quantitative estimate of drug-likeness (QED) is 0.772. The van der Waals surface area contributed by atoms with Gasteiger partial charge < -0.3 is 4.74 Å². The molecule has 5 nitrogen and oxygen atoms in total. The Labute approximate surface area is 152 Å². The van der Waals surface area contributed by atoms with Crippen molar-refractivity contribution in [2.75, 3.05) is 11.5 Å². The number of rotatable bonds is 3. The third-order valence-electron chi connectivity index (χ3n) is 4.87. The molecule has 1 unspecified atom stereocenters. The van der Waals surface area contributed by atoms with E-state index >= 15 is 0 Å². The summed E-state index contributed by atoms with van der Waals surface area (Å²) < 4.78 is 5.03. The van der Waals surface area contributed by atoms with Crippen LogP contribution in [-0.2, 0) is 9.53 Å². The second-order valence-corrected chi connectivity index (χ2v) is 6.48. The van der Waals surface area contributed by atoms with Gasteiger partial charge in [-0.15, -0.1) is 0 Å². The fourth-order valence-electron chi connectivity index (χ4n) is 3.63. The molecule has 1 heterocycles. The fraction of sp³-hybridized carbons (Fsp3) is 0.286. The predicted octanol–water partition coefficient (Wildman–Crippen LogP) is 4.41. The zero-order chi connectivity index (χ0) is 18.1. The molecule has 0 radical (unpaired) electrons. The van der Waals surface area contributed by atoms with Crippen LogP contribution in [0.4, 0.5) is 17.1 Å². The number of ether oxygens (including phenoxy) is 1. The monoisotopic (exact) mass is 348 g/mol. The van der Waals surface area contributed by atoms with Crippen molar-refractivity contribution in [1.82, 2.24) is 0 Å². The van der Waals surface area contributed by atoms with Crippen molar-refractivity contribution in [3.63, 3.8) is 0 Å². The SMILES string of the molecule is CCOC(=O)c1ccc(N2C(=O)C3CCCC3=Nc3ccccc32)cc1. The fourth-order valence-corrected chi connectivity index (χ4v) is 3.63. The number of carbonyl (C=O) groups excluding carboxylic acids is 2. The van der Waals surface area contributed by atoms with Crippen molar-refractivity contribution in [2.45, 2.75) is 26.2 Å². The summed E-state index contributed by atoms with van der Waals surface area (Å²) in [5.74, 6) is -0.467. The molecular weight excluding hydrogens is 328 g/mol. The Balaban J connectivity index is 1.76. The highest BCUT2D eigenvalue weighted by molar-refractivity contribution is 6.17. The molecule has 1 fully saturated rings. The van der Waals surface area contributed by atoms with Crippen molar-refractivity contribution >= 4 is 34.7 Å². The number of carbonyl (C=O) groups is 2. The van der Waals surface area contributed by atoms with Crippen LogP contribution in [0.5, 0.6) is 0 Å². The van der Waals surface area contributed by atoms with Gasteiger partial charge in [-0.2, -0.15) is 0 Å². The Bertz CT molecular complexity index is 886. The zero-order valence-corrected chi connectivity index (χ0v) is 14.6. The van der Waals surface area contributed by atoms with Gasteiger partial charge in [-0.1, -0.05) is 12.1 Å². The number of hydrogen-bond donors (Lipinski definition) is 0. The van der Waals surface area contributed by atoms with Gasteiger partial charge >= 0.3 is 5.97 Å². The molecule has 26 heavy (non-hydrogen) atoms. The van der Waals surface area contributed by atoms with E-state index < -0.39 is 0 Å². The number of fused-ring (bicyclic) bond motifs is 2. The second-order valence-electron chi connectivity index (χ2n) is 6.48. The minimum absolute atomic E-state index is 0.0510. The van der Waals surface area contributed by atoms with Gasteiger partial charge in [0.05, 0.1) is 29.5 Å². The first kappa shape index (κ1) is 16.5. The molecule has 4 rings (SSSR count). The Morgan fingerprint density at radius 2 is 1.96 bits per heavy atom. The lowest BCUT2D eigenvalue weighted by molar-refractivity contribution is -0.119. The van der Waals surface area contributed by atoms with Crippen molar-refractivity contribution in [1.29, 1.82) is 0 Å². The first-order valence-electron chi connectivity index (χ1n) is 8.96. The number of para-hydroxylation sites is 2. The summed E-state index contributed by atoms with van der Waals surface area (Å²) in [6, 6.07) is 14.7. The lowest BCUT2D eigenvalue weighted by Gasteiger charge is -2.25. The second kappa shape index (κ2) is 6.75. The van der Waals surface area contributed by atoms with E-state index in [1.54, 1.807) is 36.1 Å². The Morgan fingerprint density at radius 1 is 1.19 bits per heavy atom. The maximum atomic E-state index is 13.3. The summed E-state index contributed by atoms with van der Waals surface area (Å²) in [6.45, 7) is 2.11. The van der Waals surface area contributed by atoms with Crippen LogP contribution in [0.3, 0.4) is 0 Å². The molecular formula is C21H20N2O3. The van der Waals surface area contributed by atoms with Gasteiger partial charge in [0.15, 0.2) is 0 Å². The summed E-state index contributed by atoms with van der Waals surface area (Å²) in [7, 11) is 0. The van der Waals surface area contributed by atoms with E-state index in [-0.39, 0.29) is 17.8 Å². The maximum absolute atomic E-state index is 13.3. The first-order chi connectivity index (χ1) is 12.7. The molecule has 1 saturated carbocycles. The van der Waals surface area contributed by atoms with Crippen LogP contribution in [0, 0.1) is 5.92 Å². The van der Waals surface area contributed by atoms with Gasteiger partial charge in [0, 0.05) is 11.4 Å². The molecule has 0 spiro atoms. The first-order valence-corrected chi connectivity index (χ1v) is 8.96. The van der Waals surface area contributed by atoms with Gasteiger partial charge in [-0.05, 0) is 62.6 Å². The van der Waals surface area contributed by atoms with Crippen LogP contribution >= 0.6 is 0 Å². The molecule has 2 aromatic rings. The third-order valence-corrected chi connectivity index (χ3v) is 4.87. The van der Waals surface area contributed by atoms with Crippen LogP contribution in [0.15, 0.2) is 53.5 Å². The van der Waals surface area contributed by atoms with Crippen LogP contribution in [0.25, 0.3) is 0 Å². The molecule has 2 aliphatic rings. The van der Waals surface area contributed by atoms with E-state index in [0.717, 1.165) is 42.0 Å². The average Bonchev–Trinajstić information content (AvgIpc) is 3.08. The van der Waals surface area contributed by atoms with Gasteiger partial charge in [0.2, 0.25) is 5.91 Å². The van der Waals surface area contributed by atoms with E-state index in [0.29, 0.717) is 12.2 Å². The van der Waals surface area contributed by atoms with E-state index in [4.69, 9.17) is 9.73 Å². The predicted molar refractivity (Wildman–Crippen MR) is 100 cm³/mol. The number of anilines is 2. The maximum Gasteiger partial charge on any atom is 0.338 e. The topological polar surface area (TPSA) is 59.0 Å². The molecule has 1 aliphatic carbocycles. The van der Waals surface area contributed by atoms with Crippen LogP contribution in [0.1, 0.15) is 36.5 Å². The molecule has 2 aromatic carbocycles. The number of amides is 1. The van der Waals surface area contributed by atoms with Crippen LogP contribution in [0.2, 0.25) is 0 Å². The highest BCUT2D eigenvalue weighted by atomic mass is 16.5. The van der Waals surface area contributed by atoms with Gasteiger partial charge in [0.1, 0.15) is 0 Å². The molecule has 0 aromatic heterocycles.